The number of methoxy groups -OCH3 is 1. The van der Waals surface area contributed by atoms with Crippen LogP contribution in [0, 0.1) is 11.8 Å². The van der Waals surface area contributed by atoms with Gasteiger partial charge in [0.25, 0.3) is 0 Å². The second-order valence-corrected chi connectivity index (χ2v) is 7.80. The molecule has 6 nitrogen and oxygen atoms in total. The number of aliphatic carboxylic acids is 1. The fraction of sp³-hybridized carbons (Fsp3) is 0.857. The zero-order chi connectivity index (χ0) is 20.2. The monoisotopic (exact) mass is 386 g/mol. The summed E-state index contributed by atoms with van der Waals surface area (Å²) in [7, 11) is 1.53. The molecule has 27 heavy (non-hydrogen) atoms. The van der Waals surface area contributed by atoms with E-state index in [1.807, 2.05) is 6.08 Å². The lowest BCUT2D eigenvalue weighted by Crippen LogP contribution is -2.21. The highest BCUT2D eigenvalue weighted by atomic mass is 16.5. The van der Waals surface area contributed by atoms with Gasteiger partial charge in [0.05, 0.1) is 30.8 Å². The maximum absolute atomic E-state index is 10.8. The highest BCUT2D eigenvalue weighted by Crippen LogP contribution is 2.37. The van der Waals surface area contributed by atoms with Crippen LogP contribution in [0.15, 0.2) is 12.2 Å². The standard InChI is InChI=1S/C21H38O6/c1-3-4-5-8-15(22)11-12-18-17(19(23)14-20(18)24)10-7-6-9-16(27-2)13-21(25)26/h11-12,15-20,22-24H,3-10,13-14H2,1-2H3,(H,25,26)/b12-11+/t15-,16?,17+,18+,19-,20+/m0/s1. The number of rotatable bonds is 14. The maximum atomic E-state index is 10.8. The van der Waals surface area contributed by atoms with Crippen LogP contribution in [0.4, 0.5) is 0 Å². The van der Waals surface area contributed by atoms with E-state index in [0.717, 1.165) is 44.9 Å². The Labute approximate surface area is 163 Å². The second kappa shape index (κ2) is 13.3. The molecule has 1 aliphatic carbocycles. The average molecular weight is 387 g/mol. The SMILES string of the molecule is CCCCC[C@H](O)/C=C/[C@@H]1[C@@H](CCCCC(CC(=O)O)OC)[C@@H](O)C[C@H]1O. The van der Waals surface area contributed by atoms with Crippen molar-refractivity contribution < 1.29 is 30.0 Å². The molecule has 1 saturated carbocycles. The number of carbonyl (C=O) groups is 1. The van der Waals surface area contributed by atoms with Gasteiger partial charge in [-0.25, -0.2) is 0 Å². The fourth-order valence-electron chi connectivity index (χ4n) is 3.98. The van der Waals surface area contributed by atoms with Crippen LogP contribution in [0.25, 0.3) is 0 Å². The highest BCUT2D eigenvalue weighted by Gasteiger charge is 2.39. The van der Waals surface area contributed by atoms with E-state index in [1.54, 1.807) is 6.08 Å². The maximum Gasteiger partial charge on any atom is 0.305 e. The molecule has 0 aromatic rings. The Hall–Kier alpha value is -0.950. The van der Waals surface area contributed by atoms with E-state index in [2.05, 4.69) is 6.92 Å². The van der Waals surface area contributed by atoms with Gasteiger partial charge in [0.15, 0.2) is 0 Å². The normalized spacial score (nSPS) is 27.9. The third-order valence-electron chi connectivity index (χ3n) is 5.62. The minimum atomic E-state index is -0.862. The van der Waals surface area contributed by atoms with Crippen molar-refractivity contribution in [3.8, 4) is 0 Å². The van der Waals surface area contributed by atoms with E-state index in [1.165, 1.54) is 7.11 Å². The Kier molecular flexibility index (Phi) is 11.8. The number of aliphatic hydroxyl groups is 3. The first-order valence-electron chi connectivity index (χ1n) is 10.4. The summed E-state index contributed by atoms with van der Waals surface area (Å²) in [5.41, 5.74) is 0. The van der Waals surface area contributed by atoms with Crippen molar-refractivity contribution >= 4 is 5.97 Å². The minimum absolute atomic E-state index is 0.00253. The first-order valence-corrected chi connectivity index (χ1v) is 10.4. The molecule has 6 atom stereocenters. The third-order valence-corrected chi connectivity index (χ3v) is 5.62. The van der Waals surface area contributed by atoms with Crippen LogP contribution in [0.5, 0.6) is 0 Å². The number of hydrogen-bond donors (Lipinski definition) is 4. The van der Waals surface area contributed by atoms with E-state index < -0.39 is 24.3 Å². The lowest BCUT2D eigenvalue weighted by Gasteiger charge is -2.21. The summed E-state index contributed by atoms with van der Waals surface area (Å²) < 4.78 is 5.19. The number of aliphatic hydroxyl groups excluding tert-OH is 3. The summed E-state index contributed by atoms with van der Waals surface area (Å²) in [6.07, 6.45) is 9.14. The van der Waals surface area contributed by atoms with Gasteiger partial charge in [0, 0.05) is 19.4 Å². The summed E-state index contributed by atoms with van der Waals surface area (Å²) in [5, 5.41) is 39.4. The molecule has 1 rings (SSSR count). The predicted molar refractivity (Wildman–Crippen MR) is 104 cm³/mol. The van der Waals surface area contributed by atoms with Crippen LogP contribution in [0.2, 0.25) is 0 Å². The molecule has 0 aliphatic heterocycles. The molecule has 158 valence electrons. The molecule has 0 aromatic carbocycles. The van der Waals surface area contributed by atoms with Crippen molar-refractivity contribution in [2.24, 2.45) is 11.8 Å². The lowest BCUT2D eigenvalue weighted by molar-refractivity contribution is -0.139. The number of ether oxygens (including phenoxy) is 1. The van der Waals surface area contributed by atoms with Crippen molar-refractivity contribution in [3.63, 3.8) is 0 Å². The zero-order valence-corrected chi connectivity index (χ0v) is 16.8. The Morgan fingerprint density at radius 2 is 1.85 bits per heavy atom. The number of carboxylic acids is 1. The molecular weight excluding hydrogens is 348 g/mol. The summed E-state index contributed by atoms with van der Waals surface area (Å²) in [5.74, 6) is -1.03. The first kappa shape index (κ1) is 24.1. The summed E-state index contributed by atoms with van der Waals surface area (Å²) in [6.45, 7) is 2.12. The van der Waals surface area contributed by atoms with Gasteiger partial charge in [-0.1, -0.05) is 51.2 Å². The molecule has 0 aromatic heterocycles. The topological polar surface area (TPSA) is 107 Å². The molecule has 1 fully saturated rings. The van der Waals surface area contributed by atoms with Crippen LogP contribution >= 0.6 is 0 Å². The van der Waals surface area contributed by atoms with Crippen molar-refractivity contribution in [2.75, 3.05) is 7.11 Å². The summed E-state index contributed by atoms with van der Waals surface area (Å²) >= 11 is 0. The lowest BCUT2D eigenvalue weighted by atomic mass is 9.87. The third kappa shape index (κ3) is 9.19. The van der Waals surface area contributed by atoms with Gasteiger partial charge in [0.2, 0.25) is 0 Å². The van der Waals surface area contributed by atoms with Crippen LogP contribution in [-0.4, -0.2) is 57.9 Å². The molecule has 0 bridgehead atoms. The number of hydrogen-bond acceptors (Lipinski definition) is 5. The van der Waals surface area contributed by atoms with Gasteiger partial charge in [-0.15, -0.1) is 0 Å². The average Bonchev–Trinajstić information content (AvgIpc) is 2.88. The van der Waals surface area contributed by atoms with Gasteiger partial charge in [-0.2, -0.15) is 0 Å². The minimum Gasteiger partial charge on any atom is -0.481 e. The summed E-state index contributed by atoms with van der Waals surface area (Å²) in [6, 6.07) is 0. The number of unbranched alkanes of at least 4 members (excludes halogenated alkanes) is 3. The predicted octanol–water partition coefficient (Wildman–Crippen LogP) is 2.89. The van der Waals surface area contributed by atoms with E-state index in [4.69, 9.17) is 9.84 Å². The molecule has 0 amide bonds. The van der Waals surface area contributed by atoms with Crippen LogP contribution in [0.1, 0.15) is 71.1 Å². The van der Waals surface area contributed by atoms with E-state index >= 15 is 0 Å². The highest BCUT2D eigenvalue weighted by molar-refractivity contribution is 5.67. The zero-order valence-electron chi connectivity index (χ0n) is 16.8. The quantitative estimate of drug-likeness (QED) is 0.270. The van der Waals surface area contributed by atoms with Gasteiger partial charge in [-0.3, -0.25) is 4.79 Å². The molecule has 0 saturated heterocycles. The van der Waals surface area contributed by atoms with Gasteiger partial charge in [0.1, 0.15) is 0 Å². The molecule has 4 N–H and O–H groups in total. The van der Waals surface area contributed by atoms with E-state index in [0.29, 0.717) is 12.8 Å². The molecule has 1 aliphatic rings. The molecule has 6 heteroatoms. The van der Waals surface area contributed by atoms with Gasteiger partial charge in [-0.05, 0) is 25.2 Å². The van der Waals surface area contributed by atoms with Gasteiger partial charge >= 0.3 is 5.97 Å². The molecular formula is C21H38O6. The largest absolute Gasteiger partial charge is 0.481 e. The van der Waals surface area contributed by atoms with Crippen LogP contribution in [-0.2, 0) is 9.53 Å². The Balaban J connectivity index is 2.45. The van der Waals surface area contributed by atoms with Gasteiger partial charge < -0.3 is 25.2 Å². The smallest absolute Gasteiger partial charge is 0.305 e. The van der Waals surface area contributed by atoms with Crippen molar-refractivity contribution in [1.82, 2.24) is 0 Å². The van der Waals surface area contributed by atoms with Crippen LogP contribution in [0.3, 0.4) is 0 Å². The molecule has 0 heterocycles. The fourth-order valence-corrected chi connectivity index (χ4v) is 3.98. The van der Waals surface area contributed by atoms with Crippen molar-refractivity contribution in [2.45, 2.75) is 95.5 Å². The molecule has 0 spiro atoms. The summed E-state index contributed by atoms with van der Waals surface area (Å²) in [4.78, 5) is 10.8. The second-order valence-electron chi connectivity index (χ2n) is 7.80. The van der Waals surface area contributed by atoms with E-state index in [9.17, 15) is 20.1 Å². The Bertz CT molecular complexity index is 438. The Morgan fingerprint density at radius 3 is 2.48 bits per heavy atom. The molecule has 0 radical (unpaired) electrons. The Morgan fingerprint density at radius 1 is 1.15 bits per heavy atom. The first-order chi connectivity index (χ1) is 12.9. The molecule has 1 unspecified atom stereocenters. The van der Waals surface area contributed by atoms with Crippen molar-refractivity contribution in [1.29, 1.82) is 0 Å². The van der Waals surface area contributed by atoms with Crippen LogP contribution < -0.4 is 0 Å². The van der Waals surface area contributed by atoms with Crippen molar-refractivity contribution in [3.05, 3.63) is 12.2 Å². The number of carboxylic acid groups (broad SMARTS) is 1. The van der Waals surface area contributed by atoms with E-state index in [-0.39, 0.29) is 24.4 Å².